The first-order valence-corrected chi connectivity index (χ1v) is 23.6. The van der Waals surface area contributed by atoms with Crippen LogP contribution in [0, 0.1) is 0 Å². The van der Waals surface area contributed by atoms with Crippen molar-refractivity contribution >= 4 is 5.97 Å². The Hall–Kier alpha value is -5.65. The van der Waals surface area contributed by atoms with Crippen LogP contribution in [-0.4, -0.2) is 99.9 Å². The summed E-state index contributed by atoms with van der Waals surface area (Å²) in [5.41, 5.74) is 5.58. The van der Waals surface area contributed by atoms with Crippen LogP contribution in [0.15, 0.2) is 176 Å². The SMILES string of the molecule is COC(=O)c1ccccc1CO[C@H]1[C@@H](O[C@H]2[C@H](O)[C@@H](OCc3ccccc3)[C@@H](OC)O[C@@H]2COCc2ccccc2)O[C@H](COCc2ccccc2)[C@@H](OCc2ccccc2)[C@@H]1OCc1ccccc1. The van der Waals surface area contributed by atoms with E-state index >= 15 is 0 Å². The molecule has 368 valence electrons. The maximum absolute atomic E-state index is 13.1. The number of aliphatic hydroxyl groups excluding tert-OH is 1. The Labute approximate surface area is 410 Å². The minimum Gasteiger partial charge on any atom is -0.465 e. The van der Waals surface area contributed by atoms with Crippen LogP contribution in [0.5, 0.6) is 0 Å². The van der Waals surface area contributed by atoms with Crippen molar-refractivity contribution in [1.29, 1.82) is 0 Å². The van der Waals surface area contributed by atoms with Crippen molar-refractivity contribution in [3.8, 4) is 0 Å². The number of carbonyl (C=O) groups excluding carboxylic acids is 1. The van der Waals surface area contributed by atoms with E-state index in [4.69, 9.17) is 52.1 Å². The minimum atomic E-state index is -1.33. The molecule has 0 aromatic heterocycles. The van der Waals surface area contributed by atoms with Gasteiger partial charge in [-0.15, -0.1) is 0 Å². The zero-order valence-electron chi connectivity index (χ0n) is 39.5. The van der Waals surface area contributed by atoms with Crippen LogP contribution in [-0.2, 0) is 91.7 Å². The van der Waals surface area contributed by atoms with Gasteiger partial charge in [0.05, 0.1) is 65.5 Å². The third-order valence-corrected chi connectivity index (χ3v) is 12.2. The van der Waals surface area contributed by atoms with E-state index in [1.54, 1.807) is 18.2 Å². The third kappa shape index (κ3) is 14.0. The Morgan fingerprint density at radius 3 is 1.33 bits per heavy atom. The molecule has 0 bridgehead atoms. The molecule has 2 aliphatic heterocycles. The van der Waals surface area contributed by atoms with Gasteiger partial charge in [-0.25, -0.2) is 4.79 Å². The summed E-state index contributed by atoms with van der Waals surface area (Å²) in [5, 5.41) is 12.6. The highest BCUT2D eigenvalue weighted by molar-refractivity contribution is 5.90. The average Bonchev–Trinajstić information content (AvgIpc) is 3.41. The quantitative estimate of drug-likeness (QED) is 0.0582. The standard InChI is InChI=1S/C57H62O13/c1-60-55(59)46-31-19-18-30-45(46)37-67-54-53(66-36-44-28-16-7-17-29-44)51(64-34-42-24-12-5-13-25-42)48(39-63-33-41-22-10-4-11-23-41)69-57(54)70-50-47(38-62-32-40-20-8-3-9-21-40)68-56(61-2)52(49(50)58)65-35-43-26-14-6-15-27-43/h3-31,47-54,56-58H,32-39H2,1-2H3/t47-,48-,49+,50-,51-,52-,53+,54-,56+,57-/m1/s1. The molecular formula is C57H62O13. The molecule has 0 amide bonds. The van der Waals surface area contributed by atoms with E-state index < -0.39 is 67.4 Å². The molecule has 0 radical (unpaired) electrons. The predicted octanol–water partition coefficient (Wildman–Crippen LogP) is 8.39. The van der Waals surface area contributed by atoms with Gasteiger partial charge >= 0.3 is 5.97 Å². The second kappa shape index (κ2) is 26.5. The van der Waals surface area contributed by atoms with Crippen LogP contribution in [0.3, 0.4) is 0 Å². The third-order valence-electron chi connectivity index (χ3n) is 12.2. The van der Waals surface area contributed by atoms with Crippen molar-refractivity contribution in [3.63, 3.8) is 0 Å². The van der Waals surface area contributed by atoms with Gasteiger partial charge in [0.25, 0.3) is 0 Å². The number of hydrogen-bond donors (Lipinski definition) is 1. The van der Waals surface area contributed by atoms with E-state index in [9.17, 15) is 9.90 Å². The molecule has 2 saturated heterocycles. The molecule has 0 saturated carbocycles. The fraction of sp³-hybridized carbons (Fsp3) is 0.351. The Balaban J connectivity index is 1.17. The van der Waals surface area contributed by atoms with E-state index in [-0.39, 0.29) is 46.2 Å². The fourth-order valence-corrected chi connectivity index (χ4v) is 8.58. The number of hydrogen-bond acceptors (Lipinski definition) is 13. The first-order valence-electron chi connectivity index (χ1n) is 23.6. The largest absolute Gasteiger partial charge is 0.465 e. The normalized spacial score (nSPS) is 24.5. The number of methoxy groups -OCH3 is 2. The molecule has 6 aromatic rings. The molecule has 70 heavy (non-hydrogen) atoms. The highest BCUT2D eigenvalue weighted by atomic mass is 16.8. The van der Waals surface area contributed by atoms with E-state index in [0.717, 1.165) is 27.8 Å². The maximum atomic E-state index is 13.1. The van der Waals surface area contributed by atoms with Gasteiger partial charge in [0.2, 0.25) is 0 Å². The van der Waals surface area contributed by atoms with E-state index in [2.05, 4.69) is 0 Å². The summed E-state index contributed by atoms with van der Waals surface area (Å²) in [5.74, 6) is -0.515. The summed E-state index contributed by atoms with van der Waals surface area (Å²) in [6, 6.07) is 56.0. The first-order chi connectivity index (χ1) is 34.5. The monoisotopic (exact) mass is 954 g/mol. The number of benzene rings is 6. The van der Waals surface area contributed by atoms with Crippen molar-refractivity contribution in [2.24, 2.45) is 0 Å². The number of esters is 1. The van der Waals surface area contributed by atoms with Crippen molar-refractivity contribution < 1.29 is 62.0 Å². The molecule has 8 rings (SSSR count). The highest BCUT2D eigenvalue weighted by Crippen LogP contribution is 2.36. The summed E-state index contributed by atoms with van der Waals surface area (Å²) >= 11 is 0. The molecule has 0 spiro atoms. The molecular weight excluding hydrogens is 893 g/mol. The Bertz CT molecular complexity index is 2410. The van der Waals surface area contributed by atoms with E-state index in [1.807, 2.05) is 158 Å². The highest BCUT2D eigenvalue weighted by Gasteiger charge is 2.54. The summed E-state index contributed by atoms with van der Waals surface area (Å²) < 4.78 is 71.7. The lowest BCUT2D eigenvalue weighted by Gasteiger charge is -2.49. The molecule has 13 nitrogen and oxygen atoms in total. The molecule has 1 N–H and O–H groups in total. The van der Waals surface area contributed by atoms with Crippen LogP contribution >= 0.6 is 0 Å². The van der Waals surface area contributed by atoms with Gasteiger partial charge in [0.15, 0.2) is 12.6 Å². The number of carbonyl (C=O) groups is 1. The molecule has 6 aromatic carbocycles. The molecule has 2 fully saturated rings. The van der Waals surface area contributed by atoms with Crippen molar-refractivity contribution in [2.75, 3.05) is 27.4 Å². The zero-order chi connectivity index (χ0) is 48.3. The van der Waals surface area contributed by atoms with Crippen molar-refractivity contribution in [3.05, 3.63) is 215 Å². The zero-order valence-corrected chi connectivity index (χ0v) is 39.5. The lowest BCUT2D eigenvalue weighted by atomic mass is 9.96. The van der Waals surface area contributed by atoms with Crippen LogP contribution in [0.1, 0.15) is 43.7 Å². The van der Waals surface area contributed by atoms with Gasteiger partial charge in [-0.1, -0.05) is 170 Å². The van der Waals surface area contributed by atoms with Crippen molar-refractivity contribution in [2.45, 2.75) is 101 Å². The second-order valence-corrected chi connectivity index (χ2v) is 17.1. The Morgan fingerprint density at radius 1 is 0.443 bits per heavy atom. The van der Waals surface area contributed by atoms with Gasteiger partial charge < -0.3 is 57.2 Å². The first kappa shape index (κ1) is 50.7. The van der Waals surface area contributed by atoms with E-state index in [0.29, 0.717) is 17.7 Å². The number of aliphatic hydroxyl groups is 1. The van der Waals surface area contributed by atoms with Gasteiger partial charge in [-0.3, -0.25) is 0 Å². The van der Waals surface area contributed by atoms with Crippen LogP contribution < -0.4 is 0 Å². The molecule has 13 heteroatoms. The summed E-state index contributed by atoms with van der Waals surface area (Å²) in [7, 11) is 2.84. The number of ether oxygens (including phenoxy) is 11. The number of rotatable bonds is 24. The fourth-order valence-electron chi connectivity index (χ4n) is 8.58. The smallest absolute Gasteiger partial charge is 0.338 e. The topological polar surface area (TPSA) is 139 Å². The molecule has 10 atom stereocenters. The predicted molar refractivity (Wildman–Crippen MR) is 259 cm³/mol. The van der Waals surface area contributed by atoms with Crippen LogP contribution in [0.4, 0.5) is 0 Å². The van der Waals surface area contributed by atoms with Gasteiger partial charge in [0.1, 0.15) is 48.8 Å². The van der Waals surface area contributed by atoms with Gasteiger partial charge in [0, 0.05) is 7.11 Å². The van der Waals surface area contributed by atoms with Crippen LogP contribution in [0.2, 0.25) is 0 Å². The summed E-state index contributed by atoms with van der Waals surface area (Å²) in [4.78, 5) is 13.1. The maximum Gasteiger partial charge on any atom is 0.338 e. The molecule has 2 heterocycles. The van der Waals surface area contributed by atoms with Crippen LogP contribution in [0.25, 0.3) is 0 Å². The lowest BCUT2D eigenvalue weighted by Crippen LogP contribution is -2.66. The Morgan fingerprint density at radius 2 is 0.843 bits per heavy atom. The molecule has 0 aliphatic carbocycles. The van der Waals surface area contributed by atoms with Crippen molar-refractivity contribution in [1.82, 2.24) is 0 Å². The molecule has 2 aliphatic rings. The minimum absolute atomic E-state index is 0.00694. The molecule has 0 unspecified atom stereocenters. The van der Waals surface area contributed by atoms with Gasteiger partial charge in [-0.2, -0.15) is 0 Å². The lowest BCUT2D eigenvalue weighted by molar-refractivity contribution is -0.372. The second-order valence-electron chi connectivity index (χ2n) is 17.1. The average molecular weight is 955 g/mol. The summed E-state index contributed by atoms with van der Waals surface area (Å²) in [6.07, 6.45) is -10.2. The summed E-state index contributed by atoms with van der Waals surface area (Å²) in [6.45, 7) is 1.13. The Kier molecular flexibility index (Phi) is 19.2. The van der Waals surface area contributed by atoms with Gasteiger partial charge in [-0.05, 0) is 39.4 Å². The van der Waals surface area contributed by atoms with E-state index in [1.165, 1.54) is 14.2 Å².